The van der Waals surface area contributed by atoms with Crippen LogP contribution in [0.15, 0.2) is 22.7 Å². The van der Waals surface area contributed by atoms with Crippen LogP contribution in [0.3, 0.4) is 0 Å². The fourth-order valence-corrected chi connectivity index (χ4v) is 2.62. The van der Waals surface area contributed by atoms with E-state index in [1.165, 1.54) is 0 Å². The van der Waals surface area contributed by atoms with Crippen molar-refractivity contribution in [2.24, 2.45) is 0 Å². The standard InChI is InChI=1S/C15H21BrClNO/c1-3-5-7-12(6-4-2)18-15(19)13-10-11(17)8-9-14(13)16/h8-10,12H,3-7H2,1-2H3,(H,18,19). The first kappa shape index (κ1) is 16.5. The van der Waals surface area contributed by atoms with Crippen LogP contribution in [0.2, 0.25) is 5.02 Å². The summed E-state index contributed by atoms with van der Waals surface area (Å²) in [7, 11) is 0. The van der Waals surface area contributed by atoms with Gasteiger partial charge in [0.25, 0.3) is 5.91 Å². The Morgan fingerprint density at radius 2 is 2.05 bits per heavy atom. The number of carbonyl (C=O) groups is 1. The minimum atomic E-state index is -0.0519. The number of carbonyl (C=O) groups excluding carboxylic acids is 1. The van der Waals surface area contributed by atoms with E-state index in [4.69, 9.17) is 11.6 Å². The van der Waals surface area contributed by atoms with Crippen molar-refractivity contribution < 1.29 is 4.79 Å². The van der Waals surface area contributed by atoms with Crippen LogP contribution in [-0.4, -0.2) is 11.9 Å². The van der Waals surface area contributed by atoms with Gasteiger partial charge >= 0.3 is 0 Å². The summed E-state index contributed by atoms with van der Waals surface area (Å²) < 4.78 is 0.778. The first-order valence-corrected chi connectivity index (χ1v) is 8.01. The maximum atomic E-state index is 12.3. The zero-order valence-corrected chi connectivity index (χ0v) is 13.9. The van der Waals surface area contributed by atoms with Crippen LogP contribution in [-0.2, 0) is 0 Å². The molecule has 0 aliphatic rings. The molecule has 0 radical (unpaired) electrons. The zero-order chi connectivity index (χ0) is 14.3. The first-order chi connectivity index (χ1) is 9.08. The molecule has 1 N–H and O–H groups in total. The Morgan fingerprint density at radius 3 is 2.68 bits per heavy atom. The Hall–Kier alpha value is -0.540. The second-order valence-corrected chi connectivity index (χ2v) is 6.02. The third-order valence-corrected chi connectivity index (χ3v) is 3.98. The van der Waals surface area contributed by atoms with Crippen molar-refractivity contribution in [1.82, 2.24) is 5.32 Å². The van der Waals surface area contributed by atoms with Crippen molar-refractivity contribution in [3.05, 3.63) is 33.3 Å². The van der Waals surface area contributed by atoms with Crippen molar-refractivity contribution >= 4 is 33.4 Å². The second-order valence-electron chi connectivity index (χ2n) is 4.73. The van der Waals surface area contributed by atoms with Crippen LogP contribution in [0.4, 0.5) is 0 Å². The van der Waals surface area contributed by atoms with E-state index in [0.29, 0.717) is 10.6 Å². The molecule has 106 valence electrons. The predicted octanol–water partition coefficient (Wildman–Crippen LogP) is 5.19. The molecule has 19 heavy (non-hydrogen) atoms. The van der Waals surface area contributed by atoms with Crippen molar-refractivity contribution in [2.45, 2.75) is 52.0 Å². The lowest BCUT2D eigenvalue weighted by molar-refractivity contribution is 0.0931. The molecule has 4 heteroatoms. The zero-order valence-electron chi connectivity index (χ0n) is 11.5. The molecule has 1 aromatic carbocycles. The van der Waals surface area contributed by atoms with E-state index < -0.39 is 0 Å². The largest absolute Gasteiger partial charge is 0.349 e. The van der Waals surface area contributed by atoms with E-state index in [2.05, 4.69) is 35.1 Å². The number of hydrogen-bond acceptors (Lipinski definition) is 1. The van der Waals surface area contributed by atoms with Crippen molar-refractivity contribution in [3.63, 3.8) is 0 Å². The Morgan fingerprint density at radius 1 is 1.32 bits per heavy atom. The lowest BCUT2D eigenvalue weighted by atomic mass is 10.0. The number of nitrogens with one attached hydrogen (secondary N) is 1. The second kappa shape index (κ2) is 8.60. The van der Waals surface area contributed by atoms with Crippen LogP contribution in [0.5, 0.6) is 0 Å². The number of benzene rings is 1. The highest BCUT2D eigenvalue weighted by Crippen LogP contribution is 2.21. The Bertz CT molecular complexity index is 423. The third kappa shape index (κ3) is 5.53. The summed E-state index contributed by atoms with van der Waals surface area (Å²) in [6, 6.07) is 5.52. The number of amides is 1. The molecular weight excluding hydrogens is 326 g/mol. The normalized spacial score (nSPS) is 12.2. The molecule has 0 heterocycles. The molecule has 0 fully saturated rings. The van der Waals surface area contributed by atoms with Crippen LogP contribution in [0.1, 0.15) is 56.3 Å². The molecule has 1 aromatic rings. The van der Waals surface area contributed by atoms with Gasteiger partial charge in [0.15, 0.2) is 0 Å². The molecule has 0 saturated carbocycles. The highest BCUT2D eigenvalue weighted by Gasteiger charge is 2.15. The van der Waals surface area contributed by atoms with Gasteiger partial charge in [-0.3, -0.25) is 4.79 Å². The van der Waals surface area contributed by atoms with Gasteiger partial charge in [-0.15, -0.1) is 0 Å². The van der Waals surface area contributed by atoms with Crippen LogP contribution in [0.25, 0.3) is 0 Å². The molecule has 1 rings (SSSR count). The van der Waals surface area contributed by atoms with E-state index >= 15 is 0 Å². The number of halogens is 2. The van der Waals surface area contributed by atoms with E-state index in [9.17, 15) is 4.79 Å². The van der Waals surface area contributed by atoms with Crippen LogP contribution < -0.4 is 5.32 Å². The van der Waals surface area contributed by atoms with Gasteiger partial charge < -0.3 is 5.32 Å². The Balaban J connectivity index is 2.72. The van der Waals surface area contributed by atoms with E-state index in [0.717, 1.165) is 36.6 Å². The smallest absolute Gasteiger partial charge is 0.252 e. The summed E-state index contributed by atoms with van der Waals surface area (Å²) in [5.74, 6) is -0.0519. The molecule has 0 aliphatic heterocycles. The van der Waals surface area contributed by atoms with E-state index in [1.54, 1.807) is 18.2 Å². The molecule has 0 bridgehead atoms. The summed E-state index contributed by atoms with van der Waals surface area (Å²) in [6.07, 6.45) is 5.42. The quantitative estimate of drug-likeness (QED) is 0.723. The van der Waals surface area contributed by atoms with Crippen molar-refractivity contribution in [3.8, 4) is 0 Å². The minimum Gasteiger partial charge on any atom is -0.349 e. The molecule has 1 unspecified atom stereocenters. The maximum Gasteiger partial charge on any atom is 0.252 e. The average molecular weight is 347 g/mol. The van der Waals surface area contributed by atoms with Gasteiger partial charge in [0, 0.05) is 15.5 Å². The minimum absolute atomic E-state index is 0.0519. The molecule has 0 aliphatic carbocycles. The fourth-order valence-electron chi connectivity index (χ4n) is 2.02. The Labute approximate surface area is 129 Å². The molecule has 0 saturated heterocycles. The fraction of sp³-hybridized carbons (Fsp3) is 0.533. The van der Waals surface area contributed by atoms with Gasteiger partial charge in [0.05, 0.1) is 5.56 Å². The summed E-state index contributed by atoms with van der Waals surface area (Å²) in [6.45, 7) is 4.30. The molecular formula is C15H21BrClNO. The predicted molar refractivity (Wildman–Crippen MR) is 84.8 cm³/mol. The number of rotatable bonds is 7. The summed E-state index contributed by atoms with van der Waals surface area (Å²) in [5.41, 5.74) is 0.602. The van der Waals surface area contributed by atoms with E-state index in [-0.39, 0.29) is 11.9 Å². The summed E-state index contributed by atoms with van der Waals surface area (Å²) in [4.78, 5) is 12.3. The van der Waals surface area contributed by atoms with Crippen molar-refractivity contribution in [1.29, 1.82) is 0 Å². The molecule has 0 aromatic heterocycles. The average Bonchev–Trinajstić information content (AvgIpc) is 2.39. The summed E-state index contributed by atoms with van der Waals surface area (Å²) in [5, 5.41) is 3.69. The summed E-state index contributed by atoms with van der Waals surface area (Å²) >= 11 is 9.33. The Kier molecular flexibility index (Phi) is 7.47. The molecule has 0 spiro atoms. The van der Waals surface area contributed by atoms with Crippen LogP contribution in [0, 0.1) is 0 Å². The van der Waals surface area contributed by atoms with Gasteiger partial charge in [-0.2, -0.15) is 0 Å². The first-order valence-electron chi connectivity index (χ1n) is 6.84. The lowest BCUT2D eigenvalue weighted by Gasteiger charge is -2.18. The SMILES string of the molecule is CCCCC(CCC)NC(=O)c1cc(Cl)ccc1Br. The molecule has 1 atom stereocenters. The van der Waals surface area contributed by atoms with Gasteiger partial charge in [-0.1, -0.05) is 44.7 Å². The maximum absolute atomic E-state index is 12.3. The van der Waals surface area contributed by atoms with Crippen LogP contribution >= 0.6 is 27.5 Å². The van der Waals surface area contributed by atoms with Gasteiger partial charge in [-0.05, 0) is 47.0 Å². The highest BCUT2D eigenvalue weighted by atomic mass is 79.9. The van der Waals surface area contributed by atoms with Gasteiger partial charge in [0.2, 0.25) is 0 Å². The third-order valence-electron chi connectivity index (χ3n) is 3.05. The lowest BCUT2D eigenvalue weighted by Crippen LogP contribution is -2.35. The van der Waals surface area contributed by atoms with Crippen molar-refractivity contribution in [2.75, 3.05) is 0 Å². The molecule has 2 nitrogen and oxygen atoms in total. The topological polar surface area (TPSA) is 29.1 Å². The number of unbranched alkanes of at least 4 members (excludes halogenated alkanes) is 1. The number of hydrogen-bond donors (Lipinski definition) is 1. The van der Waals surface area contributed by atoms with Gasteiger partial charge in [-0.25, -0.2) is 0 Å². The monoisotopic (exact) mass is 345 g/mol. The molecule has 1 amide bonds. The highest BCUT2D eigenvalue weighted by molar-refractivity contribution is 9.10. The van der Waals surface area contributed by atoms with Gasteiger partial charge in [0.1, 0.15) is 0 Å². The van der Waals surface area contributed by atoms with E-state index in [1.807, 2.05) is 0 Å².